The molecule has 2 aliphatic rings. The fourth-order valence-electron chi connectivity index (χ4n) is 3.85. The highest BCUT2D eigenvalue weighted by Crippen LogP contribution is 2.48. The first-order valence-corrected chi connectivity index (χ1v) is 9.96. The van der Waals surface area contributed by atoms with Crippen LogP contribution in [0.15, 0.2) is 53.3 Å². The summed E-state index contributed by atoms with van der Waals surface area (Å²) in [6.07, 6.45) is 8.88. The standard InChI is InChI=1S/C21H16FNS2/c1-11-8-17-19(13-3-5-15(23)10-13)20-16(6-7-24-20)18(21(17)25-11)12-2-4-14(22)9-12/h2-8H,9-10,23H2,1H3. The molecule has 2 N–H and O–H groups in total. The van der Waals surface area contributed by atoms with E-state index >= 15 is 0 Å². The average molecular weight is 365 g/mol. The summed E-state index contributed by atoms with van der Waals surface area (Å²) in [6, 6.07) is 4.45. The van der Waals surface area contributed by atoms with Crippen LogP contribution in [0.2, 0.25) is 0 Å². The lowest BCUT2D eigenvalue weighted by atomic mass is 9.92. The quantitative estimate of drug-likeness (QED) is 0.537. The molecule has 0 radical (unpaired) electrons. The second-order valence-electron chi connectivity index (χ2n) is 6.61. The van der Waals surface area contributed by atoms with Gasteiger partial charge in [0.15, 0.2) is 0 Å². The van der Waals surface area contributed by atoms with Gasteiger partial charge in [0, 0.05) is 54.7 Å². The van der Waals surface area contributed by atoms with Crippen molar-refractivity contribution in [2.45, 2.75) is 19.8 Å². The highest BCUT2D eigenvalue weighted by Gasteiger charge is 2.23. The maximum atomic E-state index is 13.7. The van der Waals surface area contributed by atoms with Crippen molar-refractivity contribution in [2.24, 2.45) is 5.73 Å². The number of thiophene rings is 2. The molecular formula is C21H16FNS2. The van der Waals surface area contributed by atoms with Crippen molar-refractivity contribution in [1.29, 1.82) is 0 Å². The van der Waals surface area contributed by atoms with Crippen molar-refractivity contribution in [3.8, 4) is 0 Å². The fraction of sp³-hybridized carbons (Fsp3) is 0.143. The van der Waals surface area contributed by atoms with Gasteiger partial charge in [-0.05, 0) is 47.7 Å². The predicted molar refractivity (Wildman–Crippen MR) is 109 cm³/mol. The molecule has 0 saturated carbocycles. The summed E-state index contributed by atoms with van der Waals surface area (Å²) in [5.41, 5.74) is 11.8. The van der Waals surface area contributed by atoms with E-state index in [1.54, 1.807) is 28.7 Å². The number of aryl methyl sites for hydroxylation is 1. The lowest BCUT2D eigenvalue weighted by molar-refractivity contribution is 0.626. The van der Waals surface area contributed by atoms with Crippen LogP contribution in [-0.4, -0.2) is 0 Å². The van der Waals surface area contributed by atoms with Gasteiger partial charge in [-0.1, -0.05) is 12.2 Å². The Morgan fingerprint density at radius 3 is 2.44 bits per heavy atom. The molecule has 3 aromatic rings. The molecule has 4 heteroatoms. The van der Waals surface area contributed by atoms with Crippen molar-refractivity contribution < 1.29 is 4.39 Å². The Morgan fingerprint density at radius 1 is 0.960 bits per heavy atom. The number of allylic oxidation sites excluding steroid dienone is 7. The molecule has 0 amide bonds. The molecular weight excluding hydrogens is 349 g/mol. The zero-order chi connectivity index (χ0) is 17.1. The molecule has 0 bridgehead atoms. The van der Waals surface area contributed by atoms with Crippen molar-refractivity contribution in [1.82, 2.24) is 0 Å². The topological polar surface area (TPSA) is 26.0 Å². The number of fused-ring (bicyclic) bond motifs is 2. The minimum atomic E-state index is -0.0561. The van der Waals surface area contributed by atoms with Crippen molar-refractivity contribution in [3.05, 3.63) is 69.3 Å². The molecule has 0 spiro atoms. The van der Waals surface area contributed by atoms with E-state index in [0.29, 0.717) is 6.42 Å². The molecule has 2 aromatic heterocycles. The van der Waals surface area contributed by atoms with E-state index in [1.807, 2.05) is 12.2 Å². The van der Waals surface area contributed by atoms with Crippen molar-refractivity contribution >= 4 is 54.0 Å². The normalized spacial score (nSPS) is 17.2. The minimum absolute atomic E-state index is 0.0561. The number of hydrogen-bond acceptors (Lipinski definition) is 3. The Kier molecular flexibility index (Phi) is 3.27. The largest absolute Gasteiger partial charge is 0.402 e. The van der Waals surface area contributed by atoms with Gasteiger partial charge >= 0.3 is 0 Å². The summed E-state index contributed by atoms with van der Waals surface area (Å²) >= 11 is 3.56. The van der Waals surface area contributed by atoms with E-state index in [1.165, 1.54) is 41.7 Å². The van der Waals surface area contributed by atoms with Crippen LogP contribution < -0.4 is 5.73 Å². The summed E-state index contributed by atoms with van der Waals surface area (Å²) < 4.78 is 16.3. The van der Waals surface area contributed by atoms with E-state index in [4.69, 9.17) is 5.73 Å². The SMILES string of the molecule is Cc1cc2c(C3=CC=C(N)C3)c3sccc3c(C3=CC=C(F)C3)c2s1. The van der Waals surface area contributed by atoms with Gasteiger partial charge in [0.2, 0.25) is 0 Å². The number of nitrogens with two attached hydrogens (primary N) is 1. The maximum Gasteiger partial charge on any atom is 0.104 e. The molecule has 2 heterocycles. The van der Waals surface area contributed by atoms with E-state index in [0.717, 1.165) is 17.7 Å². The van der Waals surface area contributed by atoms with Crippen LogP contribution in [0.25, 0.3) is 31.3 Å². The van der Waals surface area contributed by atoms with Gasteiger partial charge in [-0.3, -0.25) is 0 Å². The highest BCUT2D eigenvalue weighted by atomic mass is 32.1. The molecule has 5 rings (SSSR count). The third-order valence-corrected chi connectivity index (χ3v) is 6.87. The summed E-state index contributed by atoms with van der Waals surface area (Å²) in [5, 5.41) is 4.64. The van der Waals surface area contributed by atoms with Gasteiger partial charge in [-0.2, -0.15) is 0 Å². The Balaban J connectivity index is 1.86. The van der Waals surface area contributed by atoms with Crippen LogP contribution in [0.4, 0.5) is 4.39 Å². The Labute approximate surface area is 153 Å². The fourth-order valence-corrected chi connectivity index (χ4v) is 5.96. The molecule has 0 aliphatic heterocycles. The van der Waals surface area contributed by atoms with Crippen molar-refractivity contribution in [2.75, 3.05) is 0 Å². The van der Waals surface area contributed by atoms with Gasteiger partial charge in [-0.25, -0.2) is 4.39 Å². The van der Waals surface area contributed by atoms with Gasteiger partial charge < -0.3 is 5.73 Å². The van der Waals surface area contributed by atoms with Gasteiger partial charge in [0.25, 0.3) is 0 Å². The van der Waals surface area contributed by atoms with Crippen LogP contribution in [0.1, 0.15) is 28.8 Å². The summed E-state index contributed by atoms with van der Waals surface area (Å²) in [5.74, 6) is -0.0561. The molecule has 0 atom stereocenters. The van der Waals surface area contributed by atoms with Crippen LogP contribution >= 0.6 is 22.7 Å². The second-order valence-corrected chi connectivity index (χ2v) is 8.78. The van der Waals surface area contributed by atoms with E-state index in [-0.39, 0.29) is 5.83 Å². The Hall–Kier alpha value is -2.17. The zero-order valence-corrected chi connectivity index (χ0v) is 15.4. The molecule has 25 heavy (non-hydrogen) atoms. The molecule has 1 aromatic carbocycles. The zero-order valence-electron chi connectivity index (χ0n) is 13.7. The van der Waals surface area contributed by atoms with Crippen molar-refractivity contribution in [3.63, 3.8) is 0 Å². The Morgan fingerprint density at radius 2 is 1.72 bits per heavy atom. The minimum Gasteiger partial charge on any atom is -0.402 e. The molecule has 2 aliphatic carbocycles. The van der Waals surface area contributed by atoms with Gasteiger partial charge in [0.1, 0.15) is 5.83 Å². The summed E-state index contributed by atoms with van der Waals surface area (Å²) in [7, 11) is 0. The van der Waals surface area contributed by atoms with Crippen LogP contribution in [0.3, 0.4) is 0 Å². The highest BCUT2D eigenvalue weighted by molar-refractivity contribution is 7.20. The smallest absolute Gasteiger partial charge is 0.104 e. The number of hydrogen-bond donors (Lipinski definition) is 1. The Bertz CT molecular complexity index is 1080. The number of rotatable bonds is 2. The first kappa shape index (κ1) is 15.1. The maximum absolute atomic E-state index is 13.7. The molecule has 0 saturated heterocycles. The third-order valence-electron chi connectivity index (χ3n) is 4.87. The summed E-state index contributed by atoms with van der Waals surface area (Å²) in [6.45, 7) is 2.14. The number of benzene rings is 1. The van der Waals surface area contributed by atoms with Crippen LogP contribution in [-0.2, 0) is 0 Å². The number of halogens is 1. The summed E-state index contributed by atoms with van der Waals surface area (Å²) in [4.78, 5) is 1.28. The van der Waals surface area contributed by atoms with E-state index < -0.39 is 0 Å². The third kappa shape index (κ3) is 2.25. The lowest BCUT2D eigenvalue weighted by Gasteiger charge is -2.13. The monoisotopic (exact) mass is 365 g/mol. The van der Waals surface area contributed by atoms with Gasteiger partial charge in [0.05, 0.1) is 0 Å². The molecule has 0 fully saturated rings. The second kappa shape index (κ2) is 5.41. The van der Waals surface area contributed by atoms with E-state index in [9.17, 15) is 4.39 Å². The molecule has 0 unspecified atom stereocenters. The van der Waals surface area contributed by atoms with E-state index in [2.05, 4.69) is 30.5 Å². The first-order valence-electron chi connectivity index (χ1n) is 8.26. The van der Waals surface area contributed by atoms with Crippen LogP contribution in [0.5, 0.6) is 0 Å². The van der Waals surface area contributed by atoms with Gasteiger partial charge in [-0.15, -0.1) is 22.7 Å². The van der Waals surface area contributed by atoms with Crippen LogP contribution in [0, 0.1) is 6.92 Å². The molecule has 124 valence electrons. The lowest BCUT2D eigenvalue weighted by Crippen LogP contribution is -1.95. The predicted octanol–water partition coefficient (Wildman–Crippen LogP) is 6.69. The molecule has 1 nitrogen and oxygen atoms in total. The average Bonchev–Trinajstić information content (AvgIpc) is 3.32. The first-order chi connectivity index (χ1) is 12.1.